The van der Waals surface area contributed by atoms with Crippen LogP contribution in [0.25, 0.3) is 22.5 Å². The number of carbonyl (C=O) groups excluding carboxylic acids is 1. The van der Waals surface area contributed by atoms with Gasteiger partial charge in [0.15, 0.2) is 5.13 Å². The van der Waals surface area contributed by atoms with Crippen LogP contribution in [0, 0.1) is 11.3 Å². The fraction of sp³-hybridized carbons (Fsp3) is 0.120. The first kappa shape index (κ1) is 24.0. The molecule has 0 saturated heterocycles. The molecular weight excluding hydrogens is 532 g/mol. The maximum atomic E-state index is 12.8. The SMILES string of the molecule is COc1ccc(-c2ccc(C#N)c(SC(C)C(=O)Nc3nc(-c4ccc(Br)cc4)cs3)n2)cc1. The van der Waals surface area contributed by atoms with Gasteiger partial charge < -0.3 is 10.1 Å². The molecule has 0 saturated carbocycles. The van der Waals surface area contributed by atoms with E-state index in [4.69, 9.17) is 4.74 Å². The number of hydrogen-bond acceptors (Lipinski definition) is 7. The van der Waals surface area contributed by atoms with E-state index in [9.17, 15) is 10.1 Å². The number of nitrogens with zero attached hydrogens (tertiary/aromatic N) is 3. The molecule has 170 valence electrons. The van der Waals surface area contributed by atoms with E-state index < -0.39 is 5.25 Å². The Balaban J connectivity index is 1.47. The lowest BCUT2D eigenvalue weighted by Gasteiger charge is -2.12. The van der Waals surface area contributed by atoms with Crippen LogP contribution in [-0.4, -0.2) is 28.2 Å². The number of thioether (sulfide) groups is 1. The Morgan fingerprint density at radius 3 is 2.41 bits per heavy atom. The molecule has 0 aliphatic rings. The summed E-state index contributed by atoms with van der Waals surface area (Å²) in [4.78, 5) is 22.0. The minimum Gasteiger partial charge on any atom is -0.497 e. The second-order valence-electron chi connectivity index (χ2n) is 7.18. The van der Waals surface area contributed by atoms with Gasteiger partial charge in [-0.2, -0.15) is 5.26 Å². The molecule has 1 atom stereocenters. The van der Waals surface area contributed by atoms with Crippen molar-refractivity contribution in [3.8, 4) is 34.3 Å². The lowest BCUT2D eigenvalue weighted by Crippen LogP contribution is -2.22. The lowest BCUT2D eigenvalue weighted by molar-refractivity contribution is -0.115. The van der Waals surface area contributed by atoms with Crippen molar-refractivity contribution in [2.45, 2.75) is 17.2 Å². The van der Waals surface area contributed by atoms with E-state index in [-0.39, 0.29) is 5.91 Å². The topological polar surface area (TPSA) is 87.9 Å². The number of rotatable bonds is 7. The summed E-state index contributed by atoms with van der Waals surface area (Å²) in [5.41, 5.74) is 3.81. The van der Waals surface area contributed by atoms with E-state index in [1.54, 1.807) is 26.2 Å². The van der Waals surface area contributed by atoms with E-state index in [1.165, 1.54) is 23.1 Å². The number of pyridine rings is 1. The largest absolute Gasteiger partial charge is 0.497 e. The summed E-state index contributed by atoms with van der Waals surface area (Å²) in [6.45, 7) is 1.78. The average molecular weight is 551 g/mol. The van der Waals surface area contributed by atoms with Crippen molar-refractivity contribution in [3.05, 3.63) is 76.1 Å². The molecule has 1 N–H and O–H groups in total. The van der Waals surface area contributed by atoms with Gasteiger partial charge in [0.25, 0.3) is 0 Å². The van der Waals surface area contributed by atoms with Crippen LogP contribution in [0.4, 0.5) is 5.13 Å². The summed E-state index contributed by atoms with van der Waals surface area (Å²) in [5.74, 6) is 0.546. The van der Waals surface area contributed by atoms with Crippen LogP contribution in [0.3, 0.4) is 0 Å². The number of hydrogen-bond donors (Lipinski definition) is 1. The van der Waals surface area contributed by atoms with Crippen LogP contribution in [0.2, 0.25) is 0 Å². The monoisotopic (exact) mass is 550 g/mol. The van der Waals surface area contributed by atoms with Crippen molar-refractivity contribution in [3.63, 3.8) is 0 Å². The highest BCUT2D eigenvalue weighted by atomic mass is 79.9. The highest BCUT2D eigenvalue weighted by molar-refractivity contribution is 9.10. The Kier molecular flexibility index (Phi) is 7.63. The quantitative estimate of drug-likeness (QED) is 0.259. The predicted molar refractivity (Wildman–Crippen MR) is 140 cm³/mol. The number of amides is 1. The second-order valence-corrected chi connectivity index (χ2v) is 10.3. The third-order valence-corrected chi connectivity index (χ3v) is 7.29. The van der Waals surface area contributed by atoms with Crippen molar-refractivity contribution in [1.29, 1.82) is 5.26 Å². The van der Waals surface area contributed by atoms with E-state index in [0.717, 1.165) is 32.7 Å². The van der Waals surface area contributed by atoms with Crippen LogP contribution in [-0.2, 0) is 4.79 Å². The van der Waals surface area contributed by atoms with Gasteiger partial charge in [0.05, 0.1) is 29.3 Å². The molecule has 1 unspecified atom stereocenters. The van der Waals surface area contributed by atoms with Crippen molar-refractivity contribution in [1.82, 2.24) is 9.97 Å². The molecule has 4 rings (SSSR count). The lowest BCUT2D eigenvalue weighted by atomic mass is 10.1. The zero-order valence-corrected chi connectivity index (χ0v) is 21.5. The fourth-order valence-corrected chi connectivity index (χ4v) is 4.93. The van der Waals surface area contributed by atoms with E-state index in [0.29, 0.717) is 15.7 Å². The Labute approximate surface area is 214 Å². The van der Waals surface area contributed by atoms with E-state index in [2.05, 4.69) is 37.3 Å². The van der Waals surface area contributed by atoms with Gasteiger partial charge in [0, 0.05) is 21.0 Å². The Bertz CT molecular complexity index is 1350. The second kappa shape index (κ2) is 10.8. The smallest absolute Gasteiger partial charge is 0.239 e. The molecule has 0 aliphatic heterocycles. The molecule has 9 heteroatoms. The van der Waals surface area contributed by atoms with Gasteiger partial charge in [0.2, 0.25) is 5.91 Å². The summed E-state index contributed by atoms with van der Waals surface area (Å²) in [6, 6.07) is 21.0. The molecule has 0 aliphatic carbocycles. The van der Waals surface area contributed by atoms with Crippen LogP contribution < -0.4 is 10.1 Å². The summed E-state index contributed by atoms with van der Waals surface area (Å²) >= 11 is 6.04. The summed E-state index contributed by atoms with van der Waals surface area (Å²) in [6.07, 6.45) is 0. The van der Waals surface area contributed by atoms with Gasteiger partial charge >= 0.3 is 0 Å². The average Bonchev–Trinajstić information content (AvgIpc) is 3.32. The first-order chi connectivity index (χ1) is 16.5. The van der Waals surface area contributed by atoms with Gasteiger partial charge in [-0.05, 0) is 55.5 Å². The third-order valence-electron chi connectivity index (χ3n) is 4.90. The molecular formula is C25H19BrN4O2S2. The molecule has 1 amide bonds. The zero-order chi connectivity index (χ0) is 24.1. The van der Waals surface area contributed by atoms with Gasteiger partial charge in [-0.15, -0.1) is 11.3 Å². The van der Waals surface area contributed by atoms with Crippen molar-refractivity contribution in [2.75, 3.05) is 12.4 Å². The number of halogens is 1. The minimum absolute atomic E-state index is 0.206. The number of methoxy groups -OCH3 is 1. The summed E-state index contributed by atoms with van der Waals surface area (Å²) < 4.78 is 6.20. The zero-order valence-electron chi connectivity index (χ0n) is 18.3. The van der Waals surface area contributed by atoms with Crippen LogP contribution >= 0.6 is 39.0 Å². The van der Waals surface area contributed by atoms with Crippen LogP contribution in [0.5, 0.6) is 5.75 Å². The van der Waals surface area contributed by atoms with Gasteiger partial charge in [0.1, 0.15) is 16.8 Å². The molecule has 2 aromatic heterocycles. The minimum atomic E-state index is -0.481. The first-order valence-corrected chi connectivity index (χ1v) is 12.8. The van der Waals surface area contributed by atoms with Crippen LogP contribution in [0.15, 0.2) is 75.5 Å². The van der Waals surface area contributed by atoms with Gasteiger partial charge in [-0.1, -0.05) is 39.8 Å². The number of nitrogens with one attached hydrogen (secondary N) is 1. The standard InChI is InChI=1S/C25H19BrN4O2S2/c1-15(23(31)30-25-29-22(14-33-25)17-3-8-19(26)9-4-17)34-24-18(13-27)7-12-21(28-24)16-5-10-20(32-2)11-6-16/h3-12,14-15H,1-2H3,(H,29,30,31). The summed E-state index contributed by atoms with van der Waals surface area (Å²) in [5, 5.41) is 14.9. The molecule has 4 aromatic rings. The maximum Gasteiger partial charge on any atom is 0.239 e. The van der Waals surface area contributed by atoms with Crippen LogP contribution in [0.1, 0.15) is 12.5 Å². The normalized spacial score (nSPS) is 11.5. The number of carbonyl (C=O) groups is 1. The highest BCUT2D eigenvalue weighted by Crippen LogP contribution is 2.31. The van der Waals surface area contributed by atoms with Gasteiger partial charge in [-0.25, -0.2) is 9.97 Å². The Morgan fingerprint density at radius 2 is 1.74 bits per heavy atom. The molecule has 0 spiro atoms. The predicted octanol–water partition coefficient (Wildman–Crippen LogP) is 6.63. The number of anilines is 1. The number of benzene rings is 2. The van der Waals surface area contributed by atoms with Gasteiger partial charge in [-0.3, -0.25) is 4.79 Å². The molecule has 0 radical (unpaired) electrons. The first-order valence-electron chi connectivity index (χ1n) is 10.2. The number of thiazole rings is 1. The van der Waals surface area contributed by atoms with Crippen molar-refractivity contribution in [2.24, 2.45) is 0 Å². The number of aromatic nitrogens is 2. The van der Waals surface area contributed by atoms with E-state index in [1.807, 2.05) is 53.9 Å². The number of nitriles is 1. The summed E-state index contributed by atoms with van der Waals surface area (Å²) in [7, 11) is 1.61. The third kappa shape index (κ3) is 5.65. The molecule has 2 aromatic carbocycles. The molecule has 6 nitrogen and oxygen atoms in total. The molecule has 34 heavy (non-hydrogen) atoms. The Morgan fingerprint density at radius 1 is 1.06 bits per heavy atom. The van der Waals surface area contributed by atoms with E-state index >= 15 is 0 Å². The highest BCUT2D eigenvalue weighted by Gasteiger charge is 2.19. The van der Waals surface area contributed by atoms with Crippen molar-refractivity contribution >= 4 is 50.1 Å². The molecule has 0 fully saturated rings. The number of ether oxygens (including phenoxy) is 1. The Hall–Kier alpha value is -3.19. The molecule has 0 bridgehead atoms. The fourth-order valence-electron chi connectivity index (χ4n) is 3.05. The maximum absolute atomic E-state index is 12.8. The molecule has 2 heterocycles. The van der Waals surface area contributed by atoms with Crippen molar-refractivity contribution < 1.29 is 9.53 Å².